The van der Waals surface area contributed by atoms with Crippen LogP contribution in [-0.4, -0.2) is 61.4 Å². The lowest BCUT2D eigenvalue weighted by atomic mass is 10.1. The number of hydrogen-bond donors (Lipinski definition) is 1. The lowest BCUT2D eigenvalue weighted by Gasteiger charge is -2.13. The Kier molecular flexibility index (Phi) is 5.33. The molecular formula is C24H21N5O5. The van der Waals surface area contributed by atoms with Crippen LogP contribution in [0.15, 0.2) is 65.7 Å². The maximum atomic E-state index is 13.5. The fourth-order valence-corrected chi connectivity index (χ4v) is 4.34. The minimum absolute atomic E-state index is 0.240. The predicted molar refractivity (Wildman–Crippen MR) is 123 cm³/mol. The van der Waals surface area contributed by atoms with Gasteiger partial charge in [-0.3, -0.25) is 14.1 Å². The summed E-state index contributed by atoms with van der Waals surface area (Å²) in [5, 5.41) is 9.31. The number of nitrogens with zero attached hydrogens (tertiary/aromatic N) is 5. The van der Waals surface area contributed by atoms with Crippen LogP contribution in [0.5, 0.6) is 0 Å². The summed E-state index contributed by atoms with van der Waals surface area (Å²) in [7, 11) is 1.33. The van der Waals surface area contributed by atoms with Gasteiger partial charge in [0.2, 0.25) is 0 Å². The van der Waals surface area contributed by atoms with Gasteiger partial charge in [0.15, 0.2) is 5.65 Å². The second-order valence-corrected chi connectivity index (χ2v) is 7.98. The van der Waals surface area contributed by atoms with Crippen molar-refractivity contribution in [2.24, 2.45) is 0 Å². The van der Waals surface area contributed by atoms with Crippen molar-refractivity contribution in [1.82, 2.24) is 24.0 Å². The molecule has 0 aliphatic carbocycles. The van der Waals surface area contributed by atoms with Gasteiger partial charge in [-0.2, -0.15) is 0 Å². The summed E-state index contributed by atoms with van der Waals surface area (Å²) in [5.74, 6) is -0.409. The van der Waals surface area contributed by atoms with Crippen molar-refractivity contribution >= 4 is 23.2 Å². The Labute approximate surface area is 193 Å². The Bertz CT molecular complexity index is 1440. The molecule has 0 unspecified atom stereocenters. The zero-order chi connectivity index (χ0) is 23.8. The van der Waals surface area contributed by atoms with E-state index in [1.165, 1.54) is 12.0 Å². The first kappa shape index (κ1) is 21.4. The second kappa shape index (κ2) is 8.47. The van der Waals surface area contributed by atoms with Gasteiger partial charge < -0.3 is 14.7 Å². The number of pyridine rings is 2. The Hall–Kier alpha value is -4.47. The van der Waals surface area contributed by atoms with E-state index in [0.29, 0.717) is 41.1 Å². The standard InChI is InChI=1S/C24H21N5O5/c1-34-22(30)16-6-4-15(5-7-16)19-9-8-17(13-26-19)28-20-3-2-11-25-21(20)29(23(28)31)18-10-12-27(14-18)24(32)33/h2-9,11,13,18H,10,12,14H2,1H3,(H,32,33)/t18-/m0/s1. The van der Waals surface area contributed by atoms with E-state index in [0.717, 1.165) is 5.56 Å². The zero-order valence-corrected chi connectivity index (χ0v) is 18.3. The molecule has 172 valence electrons. The number of imidazole rings is 1. The normalized spacial score (nSPS) is 15.6. The van der Waals surface area contributed by atoms with E-state index >= 15 is 0 Å². The molecule has 10 heteroatoms. The third-order valence-corrected chi connectivity index (χ3v) is 6.04. The first-order valence-corrected chi connectivity index (χ1v) is 10.7. The number of benzene rings is 1. The van der Waals surface area contributed by atoms with E-state index in [-0.39, 0.29) is 18.3 Å². The molecule has 1 aromatic carbocycles. The van der Waals surface area contributed by atoms with E-state index in [4.69, 9.17) is 4.74 Å². The van der Waals surface area contributed by atoms with Crippen LogP contribution >= 0.6 is 0 Å². The fourth-order valence-electron chi connectivity index (χ4n) is 4.34. The summed E-state index contributed by atoms with van der Waals surface area (Å²) >= 11 is 0. The van der Waals surface area contributed by atoms with Crippen LogP contribution in [0.25, 0.3) is 28.1 Å². The number of likely N-dealkylation sites (tertiary alicyclic amines) is 1. The summed E-state index contributed by atoms with van der Waals surface area (Å²) in [5.41, 5.74) is 3.36. The number of amides is 1. The molecule has 1 N–H and O–H groups in total. The summed E-state index contributed by atoms with van der Waals surface area (Å²) in [6.07, 6.45) is 2.78. The maximum Gasteiger partial charge on any atom is 0.407 e. The van der Waals surface area contributed by atoms with Gasteiger partial charge in [0.05, 0.1) is 41.8 Å². The van der Waals surface area contributed by atoms with Crippen LogP contribution in [0.4, 0.5) is 4.79 Å². The monoisotopic (exact) mass is 459 g/mol. The van der Waals surface area contributed by atoms with Crippen LogP contribution in [0.3, 0.4) is 0 Å². The topological polar surface area (TPSA) is 120 Å². The molecular weight excluding hydrogens is 438 g/mol. The first-order valence-electron chi connectivity index (χ1n) is 10.7. The molecule has 1 aliphatic rings. The van der Waals surface area contributed by atoms with E-state index in [1.807, 2.05) is 6.07 Å². The number of hydrogen-bond acceptors (Lipinski definition) is 6. The van der Waals surface area contributed by atoms with Crippen molar-refractivity contribution in [1.29, 1.82) is 0 Å². The van der Waals surface area contributed by atoms with E-state index in [1.54, 1.807) is 64.0 Å². The number of carboxylic acid groups (broad SMARTS) is 1. The molecule has 0 spiro atoms. The summed E-state index contributed by atoms with van der Waals surface area (Å²) in [4.78, 5) is 46.7. The number of methoxy groups -OCH3 is 1. The molecule has 1 aliphatic heterocycles. The lowest BCUT2D eigenvalue weighted by molar-refractivity contribution is 0.0600. The van der Waals surface area contributed by atoms with Gasteiger partial charge in [0.1, 0.15) is 0 Å². The number of carbonyl (C=O) groups excluding carboxylic acids is 1. The fraction of sp³-hybridized carbons (Fsp3) is 0.208. The number of esters is 1. The SMILES string of the molecule is COC(=O)c1ccc(-c2ccc(-n3c(=O)n([C@H]4CCN(C(=O)O)C4)c4ncccc43)cn2)cc1. The van der Waals surface area contributed by atoms with Gasteiger partial charge in [-0.15, -0.1) is 0 Å². The number of carbonyl (C=O) groups is 2. The molecule has 0 radical (unpaired) electrons. The molecule has 4 heterocycles. The molecule has 1 atom stereocenters. The molecule has 1 saturated heterocycles. The average molecular weight is 459 g/mol. The summed E-state index contributed by atoms with van der Waals surface area (Å²) in [6, 6.07) is 13.8. The van der Waals surface area contributed by atoms with Crippen LogP contribution in [0, 0.1) is 0 Å². The number of rotatable bonds is 4. The summed E-state index contributed by atoms with van der Waals surface area (Å²) in [6.45, 7) is 0.612. The molecule has 3 aromatic heterocycles. The smallest absolute Gasteiger partial charge is 0.407 e. The number of fused-ring (bicyclic) bond motifs is 1. The van der Waals surface area contributed by atoms with Crippen molar-refractivity contribution in [2.45, 2.75) is 12.5 Å². The molecule has 10 nitrogen and oxygen atoms in total. The minimum Gasteiger partial charge on any atom is -0.465 e. The highest BCUT2D eigenvalue weighted by atomic mass is 16.5. The average Bonchev–Trinajstić information content (AvgIpc) is 3.46. The largest absolute Gasteiger partial charge is 0.465 e. The van der Waals surface area contributed by atoms with Crippen molar-refractivity contribution in [3.63, 3.8) is 0 Å². The Morgan fingerprint density at radius 2 is 1.88 bits per heavy atom. The van der Waals surface area contributed by atoms with Crippen molar-refractivity contribution in [3.8, 4) is 16.9 Å². The molecule has 0 saturated carbocycles. The quantitative estimate of drug-likeness (QED) is 0.466. The van der Waals surface area contributed by atoms with Crippen LogP contribution in [-0.2, 0) is 4.74 Å². The van der Waals surface area contributed by atoms with Gasteiger partial charge in [0.25, 0.3) is 0 Å². The number of ether oxygens (including phenoxy) is 1. The third kappa shape index (κ3) is 3.58. The minimum atomic E-state index is -0.994. The highest BCUT2D eigenvalue weighted by molar-refractivity contribution is 5.89. The van der Waals surface area contributed by atoms with Gasteiger partial charge in [-0.25, -0.2) is 19.4 Å². The van der Waals surface area contributed by atoms with Crippen LogP contribution in [0.1, 0.15) is 22.8 Å². The van der Waals surface area contributed by atoms with Gasteiger partial charge in [-0.05, 0) is 42.8 Å². The van der Waals surface area contributed by atoms with Crippen LogP contribution in [0.2, 0.25) is 0 Å². The van der Waals surface area contributed by atoms with Gasteiger partial charge in [0, 0.05) is 24.8 Å². The molecule has 4 aromatic rings. The van der Waals surface area contributed by atoms with E-state index in [2.05, 4.69) is 9.97 Å². The molecule has 1 amide bonds. The molecule has 34 heavy (non-hydrogen) atoms. The highest BCUT2D eigenvalue weighted by Crippen LogP contribution is 2.26. The van der Waals surface area contributed by atoms with Crippen molar-refractivity contribution in [3.05, 3.63) is 77.0 Å². The number of aromatic nitrogens is 4. The first-order chi connectivity index (χ1) is 16.5. The van der Waals surface area contributed by atoms with E-state index < -0.39 is 12.1 Å². The molecule has 1 fully saturated rings. The Morgan fingerprint density at radius 3 is 2.53 bits per heavy atom. The van der Waals surface area contributed by atoms with Gasteiger partial charge in [-0.1, -0.05) is 12.1 Å². The molecule has 0 bridgehead atoms. The van der Waals surface area contributed by atoms with E-state index in [9.17, 15) is 19.5 Å². The molecule has 5 rings (SSSR count). The maximum absolute atomic E-state index is 13.5. The van der Waals surface area contributed by atoms with Crippen molar-refractivity contribution in [2.75, 3.05) is 20.2 Å². The predicted octanol–water partition coefficient (Wildman–Crippen LogP) is 2.96. The second-order valence-electron chi connectivity index (χ2n) is 7.98. The Balaban J connectivity index is 1.52. The van der Waals surface area contributed by atoms with Crippen molar-refractivity contribution < 1.29 is 19.4 Å². The zero-order valence-electron chi connectivity index (χ0n) is 18.3. The highest BCUT2D eigenvalue weighted by Gasteiger charge is 2.31. The van der Waals surface area contributed by atoms with Gasteiger partial charge >= 0.3 is 17.8 Å². The lowest BCUT2D eigenvalue weighted by Crippen LogP contribution is -2.31. The third-order valence-electron chi connectivity index (χ3n) is 6.04. The summed E-state index contributed by atoms with van der Waals surface area (Å²) < 4.78 is 7.85. The Morgan fingerprint density at radius 1 is 1.09 bits per heavy atom. The van der Waals surface area contributed by atoms with Crippen LogP contribution < -0.4 is 5.69 Å².